The summed E-state index contributed by atoms with van der Waals surface area (Å²) in [6, 6.07) is 19.3. The highest BCUT2D eigenvalue weighted by Gasteiger charge is 2.16. The van der Waals surface area contributed by atoms with E-state index >= 15 is 0 Å². The van der Waals surface area contributed by atoms with Crippen molar-refractivity contribution in [1.29, 1.82) is 0 Å². The molecule has 22 heavy (non-hydrogen) atoms. The number of hydrogen-bond donors (Lipinski definition) is 1. The van der Waals surface area contributed by atoms with Crippen LogP contribution in [0.3, 0.4) is 0 Å². The highest BCUT2D eigenvalue weighted by molar-refractivity contribution is 5.46. The number of aliphatic hydroxyl groups excluding tert-OH is 1. The highest BCUT2D eigenvalue weighted by Crippen LogP contribution is 2.17. The second-order valence-corrected chi connectivity index (χ2v) is 5.89. The van der Waals surface area contributed by atoms with E-state index in [1.807, 2.05) is 0 Å². The largest absolute Gasteiger partial charge is 0.396 e. The van der Waals surface area contributed by atoms with Crippen molar-refractivity contribution >= 4 is 5.69 Å². The number of aliphatic hydroxyl groups is 1. The van der Waals surface area contributed by atoms with E-state index in [2.05, 4.69) is 64.4 Å². The zero-order chi connectivity index (χ0) is 15.2. The van der Waals surface area contributed by atoms with Crippen LogP contribution in [0.5, 0.6) is 0 Å². The summed E-state index contributed by atoms with van der Waals surface area (Å²) < 4.78 is 0. The van der Waals surface area contributed by atoms with Crippen LogP contribution in [0.2, 0.25) is 0 Å². The lowest BCUT2D eigenvalue weighted by Gasteiger charge is -2.36. The molecule has 2 aromatic carbocycles. The molecule has 116 valence electrons. The van der Waals surface area contributed by atoms with Gasteiger partial charge in [0.15, 0.2) is 0 Å². The van der Waals surface area contributed by atoms with E-state index in [-0.39, 0.29) is 6.61 Å². The maximum Gasteiger partial charge on any atom is 0.0471 e. The first-order valence-electron chi connectivity index (χ1n) is 8.06. The molecule has 0 aromatic heterocycles. The van der Waals surface area contributed by atoms with Gasteiger partial charge in [-0.05, 0) is 29.7 Å². The molecule has 1 saturated heterocycles. The van der Waals surface area contributed by atoms with Crippen LogP contribution in [0.25, 0.3) is 0 Å². The summed E-state index contributed by atoms with van der Waals surface area (Å²) in [4.78, 5) is 4.97. The SMILES string of the molecule is OCCc1ccc(CN2CCN(c3ccccc3)CC2)cc1. The Morgan fingerprint density at radius 2 is 1.41 bits per heavy atom. The van der Waals surface area contributed by atoms with E-state index < -0.39 is 0 Å². The third-order valence-corrected chi connectivity index (χ3v) is 4.32. The van der Waals surface area contributed by atoms with Crippen molar-refractivity contribution in [2.75, 3.05) is 37.7 Å². The van der Waals surface area contributed by atoms with Crippen molar-refractivity contribution in [3.05, 3.63) is 65.7 Å². The normalized spacial score (nSPS) is 16.0. The Hall–Kier alpha value is -1.84. The average Bonchev–Trinajstić information content (AvgIpc) is 2.58. The fourth-order valence-corrected chi connectivity index (χ4v) is 3.00. The second-order valence-electron chi connectivity index (χ2n) is 5.89. The fourth-order valence-electron chi connectivity index (χ4n) is 3.00. The van der Waals surface area contributed by atoms with Crippen molar-refractivity contribution in [2.24, 2.45) is 0 Å². The van der Waals surface area contributed by atoms with Crippen molar-refractivity contribution in [2.45, 2.75) is 13.0 Å². The van der Waals surface area contributed by atoms with Crippen molar-refractivity contribution in [1.82, 2.24) is 4.90 Å². The Labute approximate surface area is 132 Å². The molecule has 1 heterocycles. The summed E-state index contributed by atoms with van der Waals surface area (Å²) in [6.45, 7) is 5.63. The minimum atomic E-state index is 0.223. The molecule has 0 radical (unpaired) electrons. The molecular formula is C19H24N2O. The lowest BCUT2D eigenvalue weighted by Crippen LogP contribution is -2.45. The quantitative estimate of drug-likeness (QED) is 0.918. The van der Waals surface area contributed by atoms with Crippen LogP contribution in [0.1, 0.15) is 11.1 Å². The molecule has 0 atom stereocenters. The van der Waals surface area contributed by atoms with Gasteiger partial charge in [0.2, 0.25) is 0 Å². The number of nitrogens with zero attached hydrogens (tertiary/aromatic N) is 2. The molecule has 0 unspecified atom stereocenters. The maximum absolute atomic E-state index is 8.96. The first-order valence-corrected chi connectivity index (χ1v) is 8.06. The summed E-state index contributed by atoms with van der Waals surface area (Å²) >= 11 is 0. The standard InChI is InChI=1S/C19H24N2O/c22-15-10-17-6-8-18(9-7-17)16-20-11-13-21(14-12-20)19-4-2-1-3-5-19/h1-9,22H,10-16H2. The molecule has 0 spiro atoms. The molecule has 1 fully saturated rings. The van der Waals surface area contributed by atoms with Crippen LogP contribution < -0.4 is 4.90 Å². The van der Waals surface area contributed by atoms with Crippen LogP contribution >= 0.6 is 0 Å². The molecule has 0 bridgehead atoms. The molecule has 1 aliphatic heterocycles. The minimum absolute atomic E-state index is 0.223. The number of piperazine rings is 1. The molecule has 3 nitrogen and oxygen atoms in total. The maximum atomic E-state index is 8.96. The van der Waals surface area contributed by atoms with Gasteiger partial charge in [0.05, 0.1) is 0 Å². The third-order valence-electron chi connectivity index (χ3n) is 4.32. The fraction of sp³-hybridized carbons (Fsp3) is 0.368. The van der Waals surface area contributed by atoms with E-state index in [0.29, 0.717) is 0 Å². The predicted octanol–water partition coefficient (Wildman–Crippen LogP) is 2.54. The molecule has 0 aliphatic carbocycles. The van der Waals surface area contributed by atoms with Crippen LogP contribution in [0.4, 0.5) is 5.69 Å². The molecule has 0 amide bonds. The van der Waals surface area contributed by atoms with Crippen molar-refractivity contribution in [3.63, 3.8) is 0 Å². The van der Waals surface area contributed by atoms with Gasteiger partial charge in [0, 0.05) is 45.0 Å². The van der Waals surface area contributed by atoms with Gasteiger partial charge in [-0.3, -0.25) is 4.90 Å². The van der Waals surface area contributed by atoms with Gasteiger partial charge in [0.1, 0.15) is 0 Å². The molecular weight excluding hydrogens is 272 g/mol. The first kappa shape index (κ1) is 15.1. The molecule has 3 rings (SSSR count). The second kappa shape index (κ2) is 7.43. The number of hydrogen-bond acceptors (Lipinski definition) is 3. The summed E-state index contributed by atoms with van der Waals surface area (Å²) in [7, 11) is 0. The van der Waals surface area contributed by atoms with Gasteiger partial charge in [-0.1, -0.05) is 42.5 Å². The summed E-state index contributed by atoms with van der Waals surface area (Å²) in [5.74, 6) is 0. The van der Waals surface area contributed by atoms with Crippen molar-refractivity contribution in [3.8, 4) is 0 Å². The molecule has 0 saturated carbocycles. The summed E-state index contributed by atoms with van der Waals surface area (Å²) in [5, 5.41) is 8.96. The molecule has 3 heteroatoms. The lowest BCUT2D eigenvalue weighted by molar-refractivity contribution is 0.250. The number of benzene rings is 2. The van der Waals surface area contributed by atoms with Gasteiger partial charge >= 0.3 is 0 Å². The van der Waals surface area contributed by atoms with Gasteiger partial charge in [0.25, 0.3) is 0 Å². The van der Waals surface area contributed by atoms with E-state index in [1.165, 1.54) is 16.8 Å². The number of rotatable bonds is 5. The van der Waals surface area contributed by atoms with Gasteiger partial charge in [-0.2, -0.15) is 0 Å². The number of anilines is 1. The topological polar surface area (TPSA) is 26.7 Å². The first-order chi connectivity index (χ1) is 10.8. The average molecular weight is 296 g/mol. The Bertz CT molecular complexity index is 560. The van der Waals surface area contributed by atoms with Crippen LogP contribution in [0.15, 0.2) is 54.6 Å². The highest BCUT2D eigenvalue weighted by atomic mass is 16.2. The monoisotopic (exact) mass is 296 g/mol. The van der Waals surface area contributed by atoms with Crippen LogP contribution in [-0.2, 0) is 13.0 Å². The zero-order valence-electron chi connectivity index (χ0n) is 13.0. The summed E-state index contributed by atoms with van der Waals surface area (Å²) in [5.41, 5.74) is 3.89. The van der Waals surface area contributed by atoms with Crippen molar-refractivity contribution < 1.29 is 5.11 Å². The van der Waals surface area contributed by atoms with Gasteiger partial charge in [-0.25, -0.2) is 0 Å². The molecule has 2 aromatic rings. The van der Waals surface area contributed by atoms with Crippen LogP contribution in [0, 0.1) is 0 Å². The van der Waals surface area contributed by atoms with E-state index in [9.17, 15) is 0 Å². The summed E-state index contributed by atoms with van der Waals surface area (Å²) in [6.07, 6.45) is 0.746. The Morgan fingerprint density at radius 1 is 0.773 bits per heavy atom. The molecule has 1 N–H and O–H groups in total. The third kappa shape index (κ3) is 3.87. The minimum Gasteiger partial charge on any atom is -0.396 e. The van der Waals surface area contributed by atoms with Gasteiger partial charge in [-0.15, -0.1) is 0 Å². The van der Waals surface area contributed by atoms with E-state index in [0.717, 1.165) is 39.1 Å². The predicted molar refractivity (Wildman–Crippen MR) is 91.2 cm³/mol. The smallest absolute Gasteiger partial charge is 0.0471 e. The van der Waals surface area contributed by atoms with E-state index in [4.69, 9.17) is 5.11 Å². The van der Waals surface area contributed by atoms with E-state index in [1.54, 1.807) is 0 Å². The Kier molecular flexibility index (Phi) is 5.09. The zero-order valence-corrected chi connectivity index (χ0v) is 13.0. The lowest BCUT2D eigenvalue weighted by atomic mass is 10.1. The number of para-hydroxylation sites is 1. The molecule has 1 aliphatic rings. The Morgan fingerprint density at radius 3 is 2.05 bits per heavy atom. The Balaban J connectivity index is 1.51. The van der Waals surface area contributed by atoms with Crippen LogP contribution in [-0.4, -0.2) is 42.8 Å². The van der Waals surface area contributed by atoms with Gasteiger partial charge < -0.3 is 10.0 Å².